The average Bonchev–Trinajstić information content (AvgIpc) is 2.94. The molecule has 0 spiro atoms. The van der Waals surface area contributed by atoms with Crippen molar-refractivity contribution < 1.29 is 9.90 Å². The Bertz CT molecular complexity index is 627. The first-order valence-corrected chi connectivity index (χ1v) is 7.69. The number of carbonyl (C=O) groups excluding carboxylic acids is 1. The van der Waals surface area contributed by atoms with E-state index >= 15 is 0 Å². The number of amides is 1. The highest BCUT2D eigenvalue weighted by Crippen LogP contribution is 2.29. The molecule has 21 heavy (non-hydrogen) atoms. The second-order valence-electron chi connectivity index (χ2n) is 4.95. The quantitative estimate of drug-likeness (QED) is 0.922. The summed E-state index contributed by atoms with van der Waals surface area (Å²) in [7, 11) is 1.73. The second kappa shape index (κ2) is 6.67. The van der Waals surface area contributed by atoms with Crippen molar-refractivity contribution in [1.29, 1.82) is 0 Å². The third-order valence-electron chi connectivity index (χ3n) is 3.52. The maximum absolute atomic E-state index is 12.6. The summed E-state index contributed by atoms with van der Waals surface area (Å²) in [6.07, 6.45) is 1.67. The summed E-state index contributed by atoms with van der Waals surface area (Å²) in [5, 5.41) is 14.0. The van der Waals surface area contributed by atoms with Crippen LogP contribution < -0.4 is 0 Å². The fourth-order valence-corrected chi connectivity index (χ4v) is 2.85. The molecule has 0 saturated heterocycles. The summed E-state index contributed by atoms with van der Waals surface area (Å²) in [5.41, 5.74) is 1.48. The SMILES string of the molecule is CCCc1nnsc1C(=O)N(C)C(C)c1ccccc1O. The summed E-state index contributed by atoms with van der Waals surface area (Å²) < 4.78 is 3.89. The van der Waals surface area contributed by atoms with Crippen molar-refractivity contribution >= 4 is 17.4 Å². The van der Waals surface area contributed by atoms with Crippen molar-refractivity contribution in [2.45, 2.75) is 32.7 Å². The van der Waals surface area contributed by atoms with Crippen molar-refractivity contribution in [2.75, 3.05) is 7.05 Å². The Hall–Kier alpha value is -1.95. The monoisotopic (exact) mass is 305 g/mol. The Morgan fingerprint density at radius 2 is 2.14 bits per heavy atom. The third kappa shape index (κ3) is 3.21. The van der Waals surface area contributed by atoms with E-state index in [1.54, 1.807) is 24.1 Å². The van der Waals surface area contributed by atoms with Gasteiger partial charge in [0.15, 0.2) is 0 Å². The minimum atomic E-state index is -0.227. The van der Waals surface area contributed by atoms with E-state index in [4.69, 9.17) is 0 Å². The molecule has 1 aromatic heterocycles. The predicted molar refractivity (Wildman–Crippen MR) is 82.5 cm³/mol. The van der Waals surface area contributed by atoms with Gasteiger partial charge in [-0.1, -0.05) is 36.0 Å². The van der Waals surface area contributed by atoms with E-state index in [0.717, 1.165) is 35.6 Å². The Balaban J connectivity index is 2.23. The molecule has 0 saturated carbocycles. The number of carbonyl (C=O) groups is 1. The number of hydrogen-bond donors (Lipinski definition) is 1. The molecule has 6 heteroatoms. The number of aromatic hydroxyl groups is 1. The van der Waals surface area contributed by atoms with Crippen LogP contribution in [0, 0.1) is 0 Å². The minimum Gasteiger partial charge on any atom is -0.508 e. The lowest BCUT2D eigenvalue weighted by molar-refractivity contribution is 0.0745. The van der Waals surface area contributed by atoms with Gasteiger partial charge in [0.2, 0.25) is 0 Å². The van der Waals surface area contributed by atoms with Crippen LogP contribution in [-0.4, -0.2) is 32.5 Å². The smallest absolute Gasteiger partial charge is 0.267 e. The van der Waals surface area contributed by atoms with Crippen LogP contribution in [0.2, 0.25) is 0 Å². The first-order valence-electron chi connectivity index (χ1n) is 6.92. The van der Waals surface area contributed by atoms with Gasteiger partial charge in [0.05, 0.1) is 11.7 Å². The number of rotatable bonds is 5. The van der Waals surface area contributed by atoms with Gasteiger partial charge in [-0.15, -0.1) is 5.10 Å². The lowest BCUT2D eigenvalue weighted by Gasteiger charge is -2.25. The summed E-state index contributed by atoms with van der Waals surface area (Å²) in [6, 6.07) is 6.83. The van der Waals surface area contributed by atoms with E-state index < -0.39 is 0 Å². The van der Waals surface area contributed by atoms with Crippen LogP contribution >= 0.6 is 11.5 Å². The highest BCUT2D eigenvalue weighted by Gasteiger charge is 2.24. The van der Waals surface area contributed by atoms with Crippen LogP contribution in [0.25, 0.3) is 0 Å². The molecule has 1 heterocycles. The summed E-state index contributed by atoms with van der Waals surface area (Å²) >= 11 is 1.13. The molecule has 0 aliphatic heterocycles. The zero-order valence-corrected chi connectivity index (χ0v) is 13.2. The Labute approximate surface area is 128 Å². The van der Waals surface area contributed by atoms with Crippen LogP contribution in [0.15, 0.2) is 24.3 Å². The fourth-order valence-electron chi connectivity index (χ4n) is 2.16. The molecule has 0 fully saturated rings. The number of benzene rings is 1. The summed E-state index contributed by atoms with van der Waals surface area (Å²) in [6.45, 7) is 3.93. The van der Waals surface area contributed by atoms with Gasteiger partial charge >= 0.3 is 0 Å². The van der Waals surface area contributed by atoms with Gasteiger partial charge in [-0.3, -0.25) is 4.79 Å². The maximum atomic E-state index is 12.6. The average molecular weight is 305 g/mol. The van der Waals surface area contributed by atoms with Gasteiger partial charge < -0.3 is 10.0 Å². The van der Waals surface area contributed by atoms with Crippen LogP contribution in [0.1, 0.15) is 47.2 Å². The molecule has 0 bridgehead atoms. The van der Waals surface area contributed by atoms with Crippen molar-refractivity contribution in [2.24, 2.45) is 0 Å². The van der Waals surface area contributed by atoms with Gasteiger partial charge in [0.1, 0.15) is 10.6 Å². The molecule has 2 aromatic rings. The predicted octanol–water partition coefficient (Wildman–Crippen LogP) is 3.03. The van der Waals surface area contributed by atoms with E-state index in [0.29, 0.717) is 4.88 Å². The molecule has 0 aliphatic rings. The number of phenolic OH excluding ortho intramolecular Hbond substituents is 1. The van der Waals surface area contributed by atoms with Gasteiger partial charge in [0.25, 0.3) is 5.91 Å². The Morgan fingerprint density at radius 1 is 1.43 bits per heavy atom. The number of hydrogen-bond acceptors (Lipinski definition) is 5. The molecule has 1 N–H and O–H groups in total. The number of phenols is 1. The Morgan fingerprint density at radius 3 is 2.81 bits per heavy atom. The molecule has 0 aliphatic carbocycles. The van der Waals surface area contributed by atoms with Gasteiger partial charge in [-0.05, 0) is 30.9 Å². The van der Waals surface area contributed by atoms with Crippen molar-refractivity contribution in [3.8, 4) is 5.75 Å². The summed E-state index contributed by atoms with van der Waals surface area (Å²) in [5.74, 6) is 0.0880. The topological polar surface area (TPSA) is 66.3 Å². The third-order valence-corrected chi connectivity index (χ3v) is 4.28. The van der Waals surface area contributed by atoms with E-state index in [1.807, 2.05) is 26.0 Å². The normalized spacial score (nSPS) is 12.1. The fraction of sp³-hybridized carbons (Fsp3) is 0.400. The number of aryl methyl sites for hydroxylation is 1. The zero-order valence-electron chi connectivity index (χ0n) is 12.4. The van der Waals surface area contributed by atoms with E-state index in [1.165, 1.54) is 0 Å². The van der Waals surface area contributed by atoms with Crippen molar-refractivity contribution in [3.05, 3.63) is 40.4 Å². The van der Waals surface area contributed by atoms with Crippen molar-refractivity contribution in [3.63, 3.8) is 0 Å². The van der Waals surface area contributed by atoms with Gasteiger partial charge in [-0.25, -0.2) is 0 Å². The number of para-hydroxylation sites is 1. The van der Waals surface area contributed by atoms with Gasteiger partial charge in [-0.2, -0.15) is 0 Å². The number of nitrogens with zero attached hydrogens (tertiary/aromatic N) is 3. The molecule has 5 nitrogen and oxygen atoms in total. The minimum absolute atomic E-state index is 0.107. The first kappa shape index (κ1) is 15.4. The highest BCUT2D eigenvalue weighted by atomic mass is 32.1. The maximum Gasteiger partial charge on any atom is 0.267 e. The molecule has 0 radical (unpaired) electrons. The Kier molecular flexibility index (Phi) is 4.90. The van der Waals surface area contributed by atoms with E-state index in [9.17, 15) is 9.90 Å². The number of aromatic nitrogens is 2. The molecule has 1 amide bonds. The van der Waals surface area contributed by atoms with Crippen LogP contribution in [0.3, 0.4) is 0 Å². The van der Waals surface area contributed by atoms with E-state index in [2.05, 4.69) is 9.59 Å². The van der Waals surface area contributed by atoms with Crippen molar-refractivity contribution in [1.82, 2.24) is 14.5 Å². The van der Waals surface area contributed by atoms with Crippen LogP contribution in [0.4, 0.5) is 0 Å². The summed E-state index contributed by atoms with van der Waals surface area (Å²) in [4.78, 5) is 14.8. The lowest BCUT2D eigenvalue weighted by atomic mass is 10.1. The van der Waals surface area contributed by atoms with Crippen LogP contribution in [-0.2, 0) is 6.42 Å². The van der Waals surface area contributed by atoms with Gasteiger partial charge in [0, 0.05) is 12.6 Å². The molecule has 1 aromatic carbocycles. The first-order chi connectivity index (χ1) is 10.1. The molecule has 1 atom stereocenters. The molecular weight excluding hydrogens is 286 g/mol. The second-order valence-corrected chi connectivity index (χ2v) is 5.70. The largest absolute Gasteiger partial charge is 0.508 e. The van der Waals surface area contributed by atoms with E-state index in [-0.39, 0.29) is 17.7 Å². The molecular formula is C15H19N3O2S. The molecule has 1 unspecified atom stereocenters. The molecule has 112 valence electrons. The zero-order chi connectivity index (χ0) is 15.4. The van der Waals surface area contributed by atoms with Crippen LogP contribution in [0.5, 0.6) is 5.75 Å². The standard InChI is InChI=1S/C15H19N3O2S/c1-4-7-12-14(21-17-16-12)15(20)18(3)10(2)11-8-5-6-9-13(11)19/h5-6,8-10,19H,4,7H2,1-3H3. The molecule has 2 rings (SSSR count). The lowest BCUT2D eigenvalue weighted by Crippen LogP contribution is -2.29. The highest BCUT2D eigenvalue weighted by molar-refractivity contribution is 7.08.